The molecule has 96 valence electrons. The molecule has 0 spiro atoms. The monoisotopic (exact) mass is 259 g/mol. The number of nitrogens with one attached hydrogen (secondary N) is 1. The predicted molar refractivity (Wildman–Crippen MR) is 67.5 cm³/mol. The average molecular weight is 260 g/mol. The SMILES string of the molecule is COCCOCCCCNc1nccnc1Cl. The summed E-state index contributed by atoms with van der Waals surface area (Å²) in [6, 6.07) is 0. The van der Waals surface area contributed by atoms with Crippen molar-refractivity contribution in [2.24, 2.45) is 0 Å². The molecule has 0 bridgehead atoms. The van der Waals surface area contributed by atoms with Gasteiger partial charge in [-0.05, 0) is 12.8 Å². The summed E-state index contributed by atoms with van der Waals surface area (Å²) in [6.45, 7) is 2.86. The van der Waals surface area contributed by atoms with Crippen molar-refractivity contribution >= 4 is 17.4 Å². The second-order valence-corrected chi connectivity index (χ2v) is 3.79. The van der Waals surface area contributed by atoms with Gasteiger partial charge in [0.15, 0.2) is 11.0 Å². The number of hydrogen-bond donors (Lipinski definition) is 1. The molecule has 1 N–H and O–H groups in total. The van der Waals surface area contributed by atoms with Crippen LogP contribution in [0.3, 0.4) is 0 Å². The lowest BCUT2D eigenvalue weighted by Gasteiger charge is -2.06. The Morgan fingerprint density at radius 3 is 2.76 bits per heavy atom. The van der Waals surface area contributed by atoms with Crippen molar-refractivity contribution in [2.45, 2.75) is 12.8 Å². The second kappa shape index (κ2) is 9.15. The number of aromatic nitrogens is 2. The number of halogens is 1. The van der Waals surface area contributed by atoms with Gasteiger partial charge in [-0.2, -0.15) is 0 Å². The van der Waals surface area contributed by atoms with Gasteiger partial charge in [0.1, 0.15) is 0 Å². The van der Waals surface area contributed by atoms with E-state index in [4.69, 9.17) is 21.1 Å². The minimum atomic E-state index is 0.406. The molecule has 0 atom stereocenters. The van der Waals surface area contributed by atoms with Crippen LogP contribution in [0.15, 0.2) is 12.4 Å². The van der Waals surface area contributed by atoms with Gasteiger partial charge in [-0.25, -0.2) is 9.97 Å². The molecule has 17 heavy (non-hydrogen) atoms. The van der Waals surface area contributed by atoms with Gasteiger partial charge in [-0.1, -0.05) is 11.6 Å². The van der Waals surface area contributed by atoms with Gasteiger partial charge in [0, 0.05) is 32.7 Å². The van der Waals surface area contributed by atoms with Gasteiger partial charge < -0.3 is 14.8 Å². The minimum Gasteiger partial charge on any atom is -0.382 e. The highest BCUT2D eigenvalue weighted by atomic mass is 35.5. The van der Waals surface area contributed by atoms with Crippen molar-refractivity contribution in [3.63, 3.8) is 0 Å². The Kier molecular flexibility index (Phi) is 7.62. The normalized spacial score (nSPS) is 10.5. The molecule has 0 fully saturated rings. The minimum absolute atomic E-state index is 0.406. The summed E-state index contributed by atoms with van der Waals surface area (Å²) in [7, 11) is 1.66. The largest absolute Gasteiger partial charge is 0.382 e. The van der Waals surface area contributed by atoms with Crippen LogP contribution in [-0.4, -0.2) is 43.4 Å². The summed E-state index contributed by atoms with van der Waals surface area (Å²) in [5, 5.41) is 3.54. The van der Waals surface area contributed by atoms with Crippen molar-refractivity contribution in [1.82, 2.24) is 9.97 Å². The smallest absolute Gasteiger partial charge is 0.171 e. The van der Waals surface area contributed by atoms with E-state index in [1.165, 1.54) is 0 Å². The highest BCUT2D eigenvalue weighted by Gasteiger charge is 1.99. The summed E-state index contributed by atoms with van der Waals surface area (Å²) in [6.07, 6.45) is 5.17. The van der Waals surface area contributed by atoms with E-state index in [1.807, 2.05) is 0 Å². The maximum Gasteiger partial charge on any atom is 0.171 e. The zero-order chi connectivity index (χ0) is 12.3. The summed E-state index contributed by atoms with van der Waals surface area (Å²) < 4.78 is 10.2. The van der Waals surface area contributed by atoms with Gasteiger partial charge in [0.2, 0.25) is 0 Å². The van der Waals surface area contributed by atoms with Gasteiger partial charge in [0.25, 0.3) is 0 Å². The summed E-state index contributed by atoms with van der Waals surface area (Å²) in [5.74, 6) is 0.634. The average Bonchev–Trinajstić information content (AvgIpc) is 2.35. The predicted octanol–water partition coefficient (Wildman–Crippen LogP) is 1.99. The summed E-state index contributed by atoms with van der Waals surface area (Å²) >= 11 is 5.85. The molecule has 0 saturated carbocycles. The third kappa shape index (κ3) is 6.41. The second-order valence-electron chi connectivity index (χ2n) is 3.43. The highest BCUT2D eigenvalue weighted by Crippen LogP contribution is 2.13. The van der Waals surface area contributed by atoms with Gasteiger partial charge in [-0.3, -0.25) is 0 Å². The van der Waals surface area contributed by atoms with Crippen molar-refractivity contribution in [2.75, 3.05) is 38.8 Å². The lowest BCUT2D eigenvalue weighted by molar-refractivity contribution is 0.0691. The van der Waals surface area contributed by atoms with Crippen molar-refractivity contribution in [3.8, 4) is 0 Å². The Balaban J connectivity index is 1.99. The van der Waals surface area contributed by atoms with Crippen LogP contribution in [0.4, 0.5) is 5.82 Å². The number of hydrogen-bond acceptors (Lipinski definition) is 5. The van der Waals surface area contributed by atoms with Crippen molar-refractivity contribution < 1.29 is 9.47 Å². The van der Waals surface area contributed by atoms with Crippen LogP contribution in [0.2, 0.25) is 5.15 Å². The molecule has 1 aromatic heterocycles. The first-order valence-electron chi connectivity index (χ1n) is 5.61. The molecule has 1 rings (SSSR count). The molecule has 0 aliphatic rings. The van der Waals surface area contributed by atoms with E-state index in [-0.39, 0.29) is 0 Å². The zero-order valence-electron chi connectivity index (χ0n) is 9.99. The van der Waals surface area contributed by atoms with E-state index < -0.39 is 0 Å². The maximum absolute atomic E-state index is 5.85. The van der Waals surface area contributed by atoms with Crippen LogP contribution in [0.5, 0.6) is 0 Å². The molecule has 0 aliphatic carbocycles. The number of ether oxygens (including phenoxy) is 2. The molecule has 5 nitrogen and oxygen atoms in total. The Morgan fingerprint density at radius 2 is 2.00 bits per heavy atom. The third-order valence-electron chi connectivity index (χ3n) is 2.09. The molecule has 0 radical (unpaired) electrons. The van der Waals surface area contributed by atoms with Gasteiger partial charge >= 0.3 is 0 Å². The first-order valence-corrected chi connectivity index (χ1v) is 5.99. The zero-order valence-corrected chi connectivity index (χ0v) is 10.7. The molecular weight excluding hydrogens is 242 g/mol. The fourth-order valence-corrected chi connectivity index (χ4v) is 1.39. The Labute approximate surface area is 107 Å². The van der Waals surface area contributed by atoms with Crippen LogP contribution >= 0.6 is 11.6 Å². The number of rotatable bonds is 9. The molecule has 1 heterocycles. The number of unbranched alkanes of at least 4 members (excludes halogenated alkanes) is 1. The Hall–Kier alpha value is -0.910. The van der Waals surface area contributed by atoms with Crippen LogP contribution in [-0.2, 0) is 9.47 Å². The summed E-state index contributed by atoms with van der Waals surface area (Å²) in [5.41, 5.74) is 0. The van der Waals surface area contributed by atoms with Crippen LogP contribution in [0, 0.1) is 0 Å². The lowest BCUT2D eigenvalue weighted by atomic mass is 10.3. The molecule has 0 aromatic carbocycles. The Bertz CT molecular complexity index is 313. The van der Waals surface area contributed by atoms with E-state index in [2.05, 4.69) is 15.3 Å². The van der Waals surface area contributed by atoms with Gasteiger partial charge in [0.05, 0.1) is 13.2 Å². The van der Waals surface area contributed by atoms with E-state index in [0.717, 1.165) is 26.0 Å². The van der Waals surface area contributed by atoms with Crippen molar-refractivity contribution in [1.29, 1.82) is 0 Å². The molecule has 0 aliphatic heterocycles. The summed E-state index contributed by atoms with van der Waals surface area (Å²) in [4.78, 5) is 8.01. The third-order valence-corrected chi connectivity index (χ3v) is 2.37. The highest BCUT2D eigenvalue weighted by molar-refractivity contribution is 6.31. The molecule has 1 aromatic rings. The van der Waals surface area contributed by atoms with E-state index in [0.29, 0.717) is 24.2 Å². The van der Waals surface area contributed by atoms with E-state index in [1.54, 1.807) is 19.5 Å². The molecule has 0 unspecified atom stereocenters. The molecular formula is C11H18ClN3O2. The first-order chi connectivity index (χ1) is 8.34. The quantitative estimate of drug-likeness (QED) is 0.688. The van der Waals surface area contributed by atoms with Crippen LogP contribution in [0.1, 0.15) is 12.8 Å². The van der Waals surface area contributed by atoms with Crippen LogP contribution < -0.4 is 5.32 Å². The number of nitrogens with zero attached hydrogens (tertiary/aromatic N) is 2. The molecule has 6 heteroatoms. The molecule has 0 saturated heterocycles. The van der Waals surface area contributed by atoms with Crippen molar-refractivity contribution in [3.05, 3.63) is 17.5 Å². The van der Waals surface area contributed by atoms with E-state index in [9.17, 15) is 0 Å². The standard InChI is InChI=1S/C11H18ClN3O2/c1-16-8-9-17-7-3-2-4-14-11-10(12)13-5-6-15-11/h5-6H,2-4,7-9H2,1H3,(H,14,15). The van der Waals surface area contributed by atoms with Gasteiger partial charge in [-0.15, -0.1) is 0 Å². The number of anilines is 1. The lowest BCUT2D eigenvalue weighted by Crippen LogP contribution is -2.07. The van der Waals surface area contributed by atoms with E-state index >= 15 is 0 Å². The molecule has 0 amide bonds. The maximum atomic E-state index is 5.85. The Morgan fingerprint density at radius 1 is 1.18 bits per heavy atom. The first kappa shape index (κ1) is 14.2. The topological polar surface area (TPSA) is 56.3 Å². The fraction of sp³-hybridized carbons (Fsp3) is 0.636. The number of methoxy groups -OCH3 is 1. The van der Waals surface area contributed by atoms with Crippen LogP contribution in [0.25, 0.3) is 0 Å². The fourth-order valence-electron chi connectivity index (χ4n) is 1.22.